The van der Waals surface area contributed by atoms with Crippen LogP contribution in [0.15, 0.2) is 186 Å². The fourth-order valence-corrected chi connectivity index (χ4v) is 18.9. The number of hydrogen-bond donors (Lipinski definition) is 11. The Morgan fingerprint density at radius 1 is 0.468 bits per heavy atom. The Morgan fingerprint density at radius 2 is 0.842 bits per heavy atom. The van der Waals surface area contributed by atoms with Gasteiger partial charge in [-0.1, -0.05) is 20.8 Å². The van der Waals surface area contributed by atoms with Gasteiger partial charge in [-0.15, -0.1) is 22.7 Å². The number of aromatic amines is 2. The van der Waals surface area contributed by atoms with Crippen molar-refractivity contribution in [3.8, 4) is 0 Å². The Balaban J connectivity index is 0.000000405. The van der Waals surface area contributed by atoms with Gasteiger partial charge >= 0.3 is 12.4 Å². The van der Waals surface area contributed by atoms with E-state index in [1.54, 1.807) is 60.0 Å². The summed E-state index contributed by atoms with van der Waals surface area (Å²) in [4.78, 5) is 108. The summed E-state index contributed by atoms with van der Waals surface area (Å²) in [6.45, 7) is 17.3. The van der Waals surface area contributed by atoms with Gasteiger partial charge in [0, 0.05) is 209 Å². The lowest BCUT2D eigenvalue weighted by atomic mass is 10.1. The van der Waals surface area contributed by atoms with Crippen LogP contribution >= 0.6 is 69.7 Å². The molecule has 0 bridgehead atoms. The van der Waals surface area contributed by atoms with Crippen LogP contribution in [-0.2, 0) is 19.2 Å². The van der Waals surface area contributed by atoms with Crippen LogP contribution in [0.2, 0.25) is 0 Å². The first kappa shape index (κ1) is 103. The van der Waals surface area contributed by atoms with Crippen LogP contribution in [0.1, 0.15) is 120 Å². The van der Waals surface area contributed by atoms with E-state index in [9.17, 15) is 63.1 Å². The van der Waals surface area contributed by atoms with Crippen molar-refractivity contribution in [2.24, 2.45) is 5.92 Å². The van der Waals surface area contributed by atoms with E-state index >= 15 is 0 Å². The van der Waals surface area contributed by atoms with Crippen molar-refractivity contribution in [2.75, 3.05) is 129 Å². The molecule has 1 aliphatic carbocycles. The molecule has 5 aliphatic rings. The molecule has 139 heavy (non-hydrogen) atoms. The number of rotatable bonds is 31. The fourth-order valence-electron chi connectivity index (χ4n) is 14.5. The highest BCUT2D eigenvalue weighted by molar-refractivity contribution is 8.00. The van der Waals surface area contributed by atoms with E-state index in [0.29, 0.717) is 97.7 Å². The molecule has 12 heterocycles. The minimum Gasteiger partial charge on any atom is -0.355 e. The molecule has 48 heteroatoms. The summed E-state index contributed by atoms with van der Waals surface area (Å²) in [5.41, 5.74) is 3.81. The fraction of sp³-hybridized carbons (Fsp3) is 0.385. The largest absolute Gasteiger partial charge is 0.397 e. The number of halogens is 10. The quantitative estimate of drug-likeness (QED) is 0.0142. The number of alkyl halides is 10. The van der Waals surface area contributed by atoms with Gasteiger partial charge < -0.3 is 72.4 Å². The zero-order valence-electron chi connectivity index (χ0n) is 76.9. The summed E-state index contributed by atoms with van der Waals surface area (Å²) in [7, 11) is 4.26. The van der Waals surface area contributed by atoms with Gasteiger partial charge in [-0.2, -0.15) is 36.5 Å². The molecule has 0 radical (unpaired) electrons. The number of carbonyl (C=O) groups excluding carboxylic acids is 4. The van der Waals surface area contributed by atoms with Crippen molar-refractivity contribution in [2.45, 2.75) is 195 Å². The number of benzene rings is 4. The molecule has 32 nitrogen and oxygen atoms in total. The number of aromatic nitrogens is 14. The van der Waals surface area contributed by atoms with Gasteiger partial charge in [-0.25, -0.2) is 67.4 Å². The summed E-state index contributed by atoms with van der Waals surface area (Å²) < 4.78 is 130. The average Bonchev–Trinajstić information content (AvgIpc) is 1.41. The number of thiazole rings is 2. The molecule has 17 rings (SSSR count). The number of amides is 4. The third-order valence-corrected chi connectivity index (χ3v) is 26.4. The second kappa shape index (κ2) is 46.2. The molecule has 11 N–H and O–H groups in total. The molecular weight excluding hydrogens is 1930 g/mol. The third kappa shape index (κ3) is 32.4. The minimum absolute atomic E-state index is 0. The lowest BCUT2D eigenvalue weighted by Crippen LogP contribution is -2.43. The second-order valence-electron chi connectivity index (χ2n) is 33.9. The molecule has 4 aromatic carbocycles. The molecule has 0 spiro atoms. The van der Waals surface area contributed by atoms with Gasteiger partial charge in [0.25, 0.3) is 11.8 Å². The zero-order chi connectivity index (χ0) is 98.9. The number of nitrogens with zero attached hydrogens (tertiary/aromatic N) is 17. The van der Waals surface area contributed by atoms with Crippen molar-refractivity contribution in [3.63, 3.8) is 0 Å². The maximum Gasteiger partial charge on any atom is 0.397 e. The first-order chi connectivity index (χ1) is 66.2. The Labute approximate surface area is 834 Å². The van der Waals surface area contributed by atoms with Crippen molar-refractivity contribution >= 4 is 185 Å². The number of anilines is 16. The van der Waals surface area contributed by atoms with E-state index in [1.165, 1.54) is 68.9 Å². The monoisotopic (exact) mass is 2050 g/mol. The SMILES string of the molecule is CCC(=O)Nc1ccc(Sc2nc(Nc3cc(C)[nH]n3)cc(N3CC[C@H](NC(C)C)C3)n2)cc1.Cc1cc(Nc2cc(N3CCCC(F)(F)C3)nc(Sc3ccc(NC(=O)CC(F)(F)F)cc3)n2)n[nH]1.Cc1cnc(Nc2cc(N3CCC(F)(F)C3)nc(Sc3ccc(NC(=O)CC(F)(F)F)cc3)n2)s1.Cc1cnc(Nc2cc(N3CC[C@@H](N(C)C)C3)nc(Sc3ccc(NC(=O)C4CC4)cc3)n2)s1.[HH].[HH].[HH].[HH].[HH].[HH].[HH].[HH].[HH].[HH]. The Hall–Kier alpha value is -12.2. The van der Waals surface area contributed by atoms with Crippen LogP contribution in [0.5, 0.6) is 0 Å². The molecule has 12 aromatic rings. The predicted octanol–water partition coefficient (Wildman–Crippen LogP) is 22.8. The average molecular weight is 2050 g/mol. The van der Waals surface area contributed by atoms with Crippen LogP contribution in [-0.4, -0.2) is 208 Å². The molecule has 5 fully saturated rings. The number of hydrogen-bond acceptors (Lipinski definition) is 32. The number of aryl methyl sites for hydroxylation is 4. The van der Waals surface area contributed by atoms with Crippen molar-refractivity contribution in [3.05, 3.63) is 167 Å². The molecule has 4 aliphatic heterocycles. The first-order valence-electron chi connectivity index (χ1n) is 44.4. The number of nitrogens with one attached hydrogen (secondary N) is 11. The summed E-state index contributed by atoms with van der Waals surface area (Å²) in [6, 6.07) is 40.0. The van der Waals surface area contributed by atoms with E-state index in [1.807, 2.05) is 108 Å². The highest BCUT2D eigenvalue weighted by Crippen LogP contribution is 2.41. The van der Waals surface area contributed by atoms with Crippen LogP contribution in [0.25, 0.3) is 0 Å². The molecule has 0 unspecified atom stereocenters. The van der Waals surface area contributed by atoms with Crippen molar-refractivity contribution < 1.29 is 77.3 Å². The molecule has 2 atom stereocenters. The predicted molar refractivity (Wildman–Crippen MR) is 545 cm³/mol. The van der Waals surface area contributed by atoms with E-state index < -0.39 is 61.9 Å². The lowest BCUT2D eigenvalue weighted by molar-refractivity contribution is -0.151. The topological polar surface area (TPSA) is 379 Å². The van der Waals surface area contributed by atoms with E-state index in [2.05, 4.69) is 141 Å². The van der Waals surface area contributed by atoms with E-state index in [0.717, 1.165) is 146 Å². The summed E-state index contributed by atoms with van der Waals surface area (Å²) in [5, 5.41) is 44.1. The molecule has 1 saturated carbocycles. The standard InChI is InChI=1S/C24H32N8OS.C24H29N7OS2.C22H22F5N7OS.C21H19F5N6OS2.10H2/c1-5-23(33)26-17-6-8-19(9-7-17)34-24-28-20(27-21-12-16(4)30-31-21)13-22(29-24)32-11-10-18(14-32)25-15(2)3;1-15-13-25-23(33-15)27-20-12-21(31-11-10-18(14-31)30(2)3)29-24(28-20)34-19-8-6-17(7-9-19)26-22(32)16-4-5-16;1-13-9-17(33-32-13)29-16-10-18(34-8-2-7-21(23,24)12-34)31-20(30-16)36-15-5-3-14(4-6-15)28-19(35)11-22(25,26)27;1-12-10-27-18(34-12)29-15-8-16(32-7-6-20(22,23)11-32)31-19(30-15)35-14-4-2-13(3-5-14)28-17(33)9-21(24,25)26;;;;;;;;;;/h6-9,12-13,15,18,25H,5,10-11,14H2,1-4H3,(H,26,33)(H2,27,28,29,30,31);6-9,12-13,16,18H,4-5,10-11,14H2,1-3H3,(H,26,32)(H,25,27,28,29);3-6,9-10H,2,7-8,11-12H2,1H3,(H,28,35)(H2,29,30,31,32,33);2-5,8,10H,6-7,9,11H2,1H3,(H,28,33)(H,27,29,30,31);10*1H/t2*18-;;;;;;;;;;;;/m01............/s1. The first-order valence-corrected chi connectivity index (χ1v) is 49.3. The molecule has 8 aromatic heterocycles. The van der Waals surface area contributed by atoms with Gasteiger partial charge in [0.15, 0.2) is 42.5 Å². The van der Waals surface area contributed by atoms with Gasteiger partial charge in [0.1, 0.15) is 59.4 Å². The van der Waals surface area contributed by atoms with Crippen LogP contribution in [0.3, 0.4) is 0 Å². The number of likely N-dealkylation sites (N-methyl/N-ethyl adjacent to an activating group) is 1. The van der Waals surface area contributed by atoms with Gasteiger partial charge in [-0.3, -0.25) is 29.4 Å². The lowest BCUT2D eigenvalue weighted by Gasteiger charge is -2.33. The summed E-state index contributed by atoms with van der Waals surface area (Å²) in [6.07, 6.45) is -4.28. The Morgan fingerprint density at radius 3 is 1.18 bits per heavy atom. The summed E-state index contributed by atoms with van der Waals surface area (Å²) >= 11 is 8.30. The Bertz CT molecular complexity index is 6230. The number of H-pyrrole nitrogens is 2. The normalized spacial score (nSPS) is 16.1. The van der Waals surface area contributed by atoms with E-state index in [-0.39, 0.29) is 73.1 Å². The van der Waals surface area contributed by atoms with Gasteiger partial charge in [0.05, 0.1) is 13.1 Å². The Kier molecular flexibility index (Phi) is 34.2. The van der Waals surface area contributed by atoms with Crippen molar-refractivity contribution in [1.82, 2.24) is 80.5 Å². The number of piperidine rings is 1. The maximum absolute atomic E-state index is 14.0. The maximum atomic E-state index is 14.0. The van der Waals surface area contributed by atoms with Gasteiger partial charge in [0.2, 0.25) is 23.6 Å². The second-order valence-corrected chi connectivity index (χ2v) is 40.5. The van der Waals surface area contributed by atoms with Crippen molar-refractivity contribution in [1.29, 1.82) is 0 Å². The molecule has 4 saturated heterocycles. The highest BCUT2D eigenvalue weighted by atomic mass is 32.2. The van der Waals surface area contributed by atoms with Gasteiger partial charge in [-0.05, 0) is 218 Å². The van der Waals surface area contributed by atoms with Crippen LogP contribution < -0.4 is 67.5 Å². The van der Waals surface area contributed by atoms with Crippen LogP contribution in [0, 0.1) is 33.6 Å². The third-order valence-electron chi connectivity index (χ3n) is 21.3. The molecular formula is C91H122F10N28O4S6. The zero-order valence-corrected chi connectivity index (χ0v) is 81.8. The number of carbonyl (C=O) groups is 4. The molecule has 756 valence electrons. The highest BCUT2D eigenvalue weighted by Gasteiger charge is 2.41. The smallest absolute Gasteiger partial charge is 0.355 e. The summed E-state index contributed by atoms with van der Waals surface area (Å²) in [5.74, 6) is -1.76. The van der Waals surface area contributed by atoms with E-state index in [4.69, 9.17) is 19.9 Å². The minimum atomic E-state index is -4.60. The van der Waals surface area contributed by atoms with Crippen LogP contribution in [0.4, 0.5) is 135 Å². The molecule has 4 amide bonds.